The molecule has 3 aliphatic rings. The van der Waals surface area contributed by atoms with Crippen LogP contribution < -0.4 is 10.6 Å². The molecule has 1 aromatic rings. The molecule has 2 N–H and O–H groups in total. The zero-order valence-corrected chi connectivity index (χ0v) is 16.2. The molecule has 142 valence electrons. The van der Waals surface area contributed by atoms with E-state index in [1.807, 2.05) is 16.9 Å². The second-order valence-electron chi connectivity index (χ2n) is 7.27. The van der Waals surface area contributed by atoms with Crippen molar-refractivity contribution >= 4 is 30.7 Å². The first-order valence-electron chi connectivity index (χ1n) is 9.08. The molecule has 2 aliphatic heterocycles. The molecule has 1 aromatic heterocycles. The zero-order chi connectivity index (χ0) is 15.6. The van der Waals surface area contributed by atoms with Gasteiger partial charge in [-0.15, -0.1) is 24.8 Å². The highest BCUT2D eigenvalue weighted by Crippen LogP contribution is 2.31. The number of halogens is 2. The fourth-order valence-corrected chi connectivity index (χ4v) is 3.85. The van der Waals surface area contributed by atoms with Gasteiger partial charge in [-0.2, -0.15) is 5.10 Å². The number of piperidine rings is 1. The number of carbonyl (C=O) groups excluding carboxylic acids is 1. The standard InChI is InChI=1S/C17H27N5O.2ClH/c23-17(19-10-13-5-8-21(12-13)14-3-4-14)16-6-9-22(20-16)15-2-1-7-18-11-15;;/h6,9,13-15,18H,1-5,7-8,10-12H2,(H,19,23);2*1H. The molecule has 0 spiro atoms. The molecule has 6 nitrogen and oxygen atoms in total. The zero-order valence-electron chi connectivity index (χ0n) is 14.5. The third-order valence-corrected chi connectivity index (χ3v) is 5.42. The predicted octanol–water partition coefficient (Wildman–Crippen LogP) is 1.87. The van der Waals surface area contributed by atoms with Gasteiger partial charge in [0.25, 0.3) is 5.91 Å². The van der Waals surface area contributed by atoms with Gasteiger partial charge in [0.15, 0.2) is 0 Å². The van der Waals surface area contributed by atoms with Gasteiger partial charge in [0, 0.05) is 31.9 Å². The minimum atomic E-state index is -0.0302. The number of hydrogen-bond donors (Lipinski definition) is 2. The molecule has 0 aromatic carbocycles. The van der Waals surface area contributed by atoms with E-state index in [0.29, 0.717) is 17.7 Å². The minimum absolute atomic E-state index is 0. The lowest BCUT2D eigenvalue weighted by atomic mass is 10.1. The van der Waals surface area contributed by atoms with E-state index in [2.05, 4.69) is 20.6 Å². The molecular formula is C17H29Cl2N5O. The summed E-state index contributed by atoms with van der Waals surface area (Å²) in [6, 6.07) is 3.07. The van der Waals surface area contributed by atoms with Crippen LogP contribution in [-0.4, -0.2) is 59.4 Å². The fourth-order valence-electron chi connectivity index (χ4n) is 3.85. The first kappa shape index (κ1) is 20.5. The maximum atomic E-state index is 12.3. The number of likely N-dealkylation sites (tertiary alicyclic amines) is 1. The van der Waals surface area contributed by atoms with Gasteiger partial charge in [0.1, 0.15) is 5.69 Å². The maximum Gasteiger partial charge on any atom is 0.271 e. The molecule has 25 heavy (non-hydrogen) atoms. The molecule has 2 atom stereocenters. The van der Waals surface area contributed by atoms with Crippen LogP contribution in [0.4, 0.5) is 0 Å². The van der Waals surface area contributed by atoms with Gasteiger partial charge < -0.3 is 15.5 Å². The highest BCUT2D eigenvalue weighted by Gasteiger charge is 2.34. The summed E-state index contributed by atoms with van der Waals surface area (Å²) in [5.74, 6) is 0.571. The summed E-state index contributed by atoms with van der Waals surface area (Å²) in [4.78, 5) is 14.9. The van der Waals surface area contributed by atoms with Crippen LogP contribution in [0.2, 0.25) is 0 Å². The van der Waals surface area contributed by atoms with Gasteiger partial charge in [-0.05, 0) is 57.2 Å². The number of aromatic nitrogens is 2. The normalized spacial score (nSPS) is 26.6. The Morgan fingerprint density at radius 1 is 1.24 bits per heavy atom. The number of hydrogen-bond acceptors (Lipinski definition) is 4. The van der Waals surface area contributed by atoms with Gasteiger partial charge >= 0.3 is 0 Å². The maximum absolute atomic E-state index is 12.3. The van der Waals surface area contributed by atoms with Crippen molar-refractivity contribution in [1.29, 1.82) is 0 Å². The summed E-state index contributed by atoms with van der Waals surface area (Å²) in [6.07, 6.45) is 8.19. The Balaban J connectivity index is 0.00000113. The van der Waals surface area contributed by atoms with Crippen molar-refractivity contribution in [3.8, 4) is 0 Å². The summed E-state index contributed by atoms with van der Waals surface area (Å²) in [5, 5.41) is 11.0. The quantitative estimate of drug-likeness (QED) is 0.806. The Bertz CT molecular complexity index is 557. The van der Waals surface area contributed by atoms with Crippen LogP contribution in [0, 0.1) is 5.92 Å². The Labute approximate surface area is 161 Å². The lowest BCUT2D eigenvalue weighted by molar-refractivity contribution is 0.0941. The first-order chi connectivity index (χ1) is 11.3. The van der Waals surface area contributed by atoms with Crippen LogP contribution in [0.15, 0.2) is 12.3 Å². The molecule has 2 saturated heterocycles. The van der Waals surface area contributed by atoms with Gasteiger partial charge in [-0.25, -0.2) is 0 Å². The third kappa shape index (κ3) is 5.09. The molecule has 8 heteroatoms. The number of nitrogens with zero attached hydrogens (tertiary/aromatic N) is 3. The van der Waals surface area contributed by atoms with Crippen LogP contribution in [0.5, 0.6) is 0 Å². The Morgan fingerprint density at radius 3 is 2.80 bits per heavy atom. The van der Waals surface area contributed by atoms with Gasteiger partial charge in [-0.1, -0.05) is 0 Å². The van der Waals surface area contributed by atoms with Gasteiger partial charge in [-0.3, -0.25) is 9.48 Å². The van der Waals surface area contributed by atoms with Crippen molar-refractivity contribution in [2.24, 2.45) is 5.92 Å². The third-order valence-electron chi connectivity index (χ3n) is 5.42. The van der Waals surface area contributed by atoms with E-state index in [-0.39, 0.29) is 30.7 Å². The van der Waals surface area contributed by atoms with Crippen molar-refractivity contribution in [2.45, 2.75) is 44.2 Å². The average molecular weight is 390 g/mol. The van der Waals surface area contributed by atoms with Crippen molar-refractivity contribution < 1.29 is 4.79 Å². The summed E-state index contributed by atoms with van der Waals surface area (Å²) in [5.41, 5.74) is 0.549. The molecule has 3 heterocycles. The van der Waals surface area contributed by atoms with Crippen molar-refractivity contribution in [3.63, 3.8) is 0 Å². The molecule has 0 bridgehead atoms. The van der Waals surface area contributed by atoms with Crippen molar-refractivity contribution in [1.82, 2.24) is 25.3 Å². The van der Waals surface area contributed by atoms with Gasteiger partial charge in [0.05, 0.1) is 6.04 Å². The highest BCUT2D eigenvalue weighted by molar-refractivity contribution is 5.92. The second-order valence-corrected chi connectivity index (χ2v) is 7.27. The van der Waals surface area contributed by atoms with E-state index in [1.165, 1.54) is 32.2 Å². The Kier molecular flexibility index (Phi) is 7.55. The van der Waals surface area contributed by atoms with E-state index in [4.69, 9.17) is 0 Å². The molecule has 3 fully saturated rings. The SMILES string of the molecule is Cl.Cl.O=C(NCC1CCN(C2CC2)C1)c1ccn(C2CCCNC2)n1. The molecule has 4 rings (SSSR count). The largest absolute Gasteiger partial charge is 0.350 e. The van der Waals surface area contributed by atoms with Crippen LogP contribution in [0.1, 0.15) is 48.6 Å². The highest BCUT2D eigenvalue weighted by atomic mass is 35.5. The van der Waals surface area contributed by atoms with Crippen LogP contribution >= 0.6 is 24.8 Å². The Morgan fingerprint density at radius 2 is 2.08 bits per heavy atom. The van der Waals surface area contributed by atoms with E-state index in [1.54, 1.807) is 0 Å². The number of carbonyl (C=O) groups is 1. The molecule has 1 aliphatic carbocycles. The first-order valence-corrected chi connectivity index (χ1v) is 9.08. The fraction of sp³-hybridized carbons (Fsp3) is 0.765. The lowest BCUT2D eigenvalue weighted by Gasteiger charge is -2.22. The minimum Gasteiger partial charge on any atom is -0.350 e. The Hall–Kier alpha value is -0.820. The summed E-state index contributed by atoms with van der Waals surface area (Å²) in [7, 11) is 0. The molecule has 2 unspecified atom stereocenters. The van der Waals surface area contributed by atoms with Crippen molar-refractivity contribution in [3.05, 3.63) is 18.0 Å². The second kappa shape index (κ2) is 9.21. The molecule has 1 saturated carbocycles. The van der Waals surface area contributed by atoms with Crippen molar-refractivity contribution in [2.75, 3.05) is 32.7 Å². The molecule has 0 radical (unpaired) electrons. The average Bonchev–Trinajstić information content (AvgIpc) is 3.14. The van der Waals surface area contributed by atoms with E-state index < -0.39 is 0 Å². The van der Waals surface area contributed by atoms with Crippen LogP contribution in [0.25, 0.3) is 0 Å². The van der Waals surface area contributed by atoms with E-state index in [0.717, 1.165) is 38.6 Å². The van der Waals surface area contributed by atoms with Crippen LogP contribution in [-0.2, 0) is 0 Å². The molecule has 1 amide bonds. The smallest absolute Gasteiger partial charge is 0.271 e. The predicted molar refractivity (Wildman–Crippen MR) is 103 cm³/mol. The van der Waals surface area contributed by atoms with Crippen LogP contribution in [0.3, 0.4) is 0 Å². The number of amides is 1. The summed E-state index contributed by atoms with van der Waals surface area (Å²) < 4.78 is 1.95. The summed E-state index contributed by atoms with van der Waals surface area (Å²) >= 11 is 0. The van der Waals surface area contributed by atoms with E-state index >= 15 is 0 Å². The lowest BCUT2D eigenvalue weighted by Crippen LogP contribution is -2.33. The number of rotatable bonds is 5. The number of nitrogens with one attached hydrogen (secondary N) is 2. The monoisotopic (exact) mass is 389 g/mol. The topological polar surface area (TPSA) is 62.2 Å². The van der Waals surface area contributed by atoms with Gasteiger partial charge in [0.2, 0.25) is 0 Å². The summed E-state index contributed by atoms with van der Waals surface area (Å²) in [6.45, 7) is 5.16. The molecular weight excluding hydrogens is 361 g/mol. The van der Waals surface area contributed by atoms with E-state index in [9.17, 15) is 4.79 Å².